The molecule has 0 spiro atoms. The molecule has 2 atom stereocenters. The molecule has 2 aliphatic rings. The summed E-state index contributed by atoms with van der Waals surface area (Å²) >= 11 is 1.67. The van der Waals surface area contributed by atoms with E-state index in [2.05, 4.69) is 6.92 Å². The number of hydrogen-bond acceptors (Lipinski definition) is 3. The van der Waals surface area contributed by atoms with Crippen LogP contribution in [-0.2, 0) is 4.79 Å². The van der Waals surface area contributed by atoms with Crippen molar-refractivity contribution in [3.8, 4) is 0 Å². The van der Waals surface area contributed by atoms with Crippen LogP contribution in [0.3, 0.4) is 0 Å². The van der Waals surface area contributed by atoms with Crippen molar-refractivity contribution in [2.75, 3.05) is 11.9 Å². The molecule has 1 amide bonds. The molecule has 0 bridgehead atoms. The average Bonchev–Trinajstić information content (AvgIpc) is 3.13. The Morgan fingerprint density at radius 1 is 1.33 bits per heavy atom. The Bertz CT molecular complexity index is 645. The Balaban J connectivity index is 1.91. The number of amides is 1. The Hall–Kier alpha value is -1.56. The van der Waals surface area contributed by atoms with Crippen molar-refractivity contribution < 1.29 is 9.18 Å². The number of anilines is 1. The molecule has 130 valence electrons. The van der Waals surface area contributed by atoms with E-state index in [0.717, 1.165) is 18.0 Å². The largest absolute Gasteiger partial charge is 0.333 e. The fourth-order valence-electron chi connectivity index (χ4n) is 3.58. The van der Waals surface area contributed by atoms with Crippen LogP contribution in [0.5, 0.6) is 0 Å². The van der Waals surface area contributed by atoms with Crippen LogP contribution in [0.1, 0.15) is 39.5 Å². The molecule has 1 saturated heterocycles. The molecule has 6 heteroatoms. The van der Waals surface area contributed by atoms with Gasteiger partial charge in [-0.1, -0.05) is 36.7 Å². The molecule has 1 aromatic rings. The summed E-state index contributed by atoms with van der Waals surface area (Å²) in [7, 11) is 1.95. The topological polar surface area (TPSA) is 35.9 Å². The zero-order valence-electron chi connectivity index (χ0n) is 14.4. The minimum atomic E-state index is -0.375. The van der Waals surface area contributed by atoms with E-state index >= 15 is 0 Å². The fraction of sp³-hybridized carbons (Fsp3) is 0.556. The third-order valence-corrected chi connectivity index (χ3v) is 5.96. The summed E-state index contributed by atoms with van der Waals surface area (Å²) in [6.45, 7) is 3.56. The average molecular weight is 349 g/mol. The van der Waals surface area contributed by atoms with Gasteiger partial charge < -0.3 is 4.90 Å². The van der Waals surface area contributed by atoms with Gasteiger partial charge in [0.15, 0.2) is 5.17 Å². The second-order valence-electron chi connectivity index (χ2n) is 6.54. The second kappa shape index (κ2) is 7.13. The lowest BCUT2D eigenvalue weighted by molar-refractivity contribution is -0.117. The minimum Gasteiger partial charge on any atom is -0.333 e. The van der Waals surface area contributed by atoms with E-state index in [1.807, 2.05) is 11.9 Å². The number of hydrogen-bond donors (Lipinski definition) is 0. The maximum Gasteiger partial charge on any atom is 0.225 e. The van der Waals surface area contributed by atoms with E-state index in [4.69, 9.17) is 4.99 Å². The predicted octanol–water partition coefficient (Wildman–Crippen LogP) is 3.87. The molecule has 1 saturated carbocycles. The van der Waals surface area contributed by atoms with Gasteiger partial charge in [0.1, 0.15) is 12.0 Å². The number of carbonyl (C=O) groups excluding carboxylic acids is 1. The number of nitrogens with zero attached hydrogens (tertiary/aromatic N) is 3. The van der Waals surface area contributed by atoms with Gasteiger partial charge in [-0.3, -0.25) is 14.7 Å². The lowest BCUT2D eigenvalue weighted by Gasteiger charge is -2.35. The van der Waals surface area contributed by atoms with Crippen LogP contribution < -0.4 is 4.90 Å². The number of benzene rings is 1. The highest BCUT2D eigenvalue weighted by Gasteiger charge is 2.41. The molecule has 2 unspecified atom stereocenters. The number of para-hydroxylation sites is 1. The summed E-state index contributed by atoms with van der Waals surface area (Å²) in [5.41, 5.74) is 0.330. The standard InChI is InChI=1S/C18H24FN3OS/c1-12-17(21(3)18(24-12)20-14-8-4-5-9-14)22(13(2)23)16-11-7-6-10-15(16)19/h6-7,10-12,14,17H,4-5,8-9H2,1-3H3. The fourth-order valence-corrected chi connectivity index (χ4v) is 4.82. The third kappa shape index (κ3) is 3.29. The molecule has 1 aliphatic carbocycles. The molecule has 4 nitrogen and oxygen atoms in total. The van der Waals surface area contributed by atoms with Crippen LogP contribution in [0.4, 0.5) is 10.1 Å². The van der Waals surface area contributed by atoms with Crippen molar-refractivity contribution in [2.24, 2.45) is 4.99 Å². The molecule has 3 rings (SSSR count). The number of carbonyl (C=O) groups is 1. The van der Waals surface area contributed by atoms with Gasteiger partial charge in [0.2, 0.25) is 5.91 Å². The number of amidine groups is 1. The van der Waals surface area contributed by atoms with Crippen LogP contribution in [-0.4, -0.2) is 40.5 Å². The SMILES string of the molecule is CC(=O)N(c1ccccc1F)C1C(C)SC(=NC2CCCC2)N1C. The van der Waals surface area contributed by atoms with Crippen LogP contribution in [0.15, 0.2) is 29.3 Å². The number of thioether (sulfide) groups is 1. The highest BCUT2D eigenvalue weighted by molar-refractivity contribution is 8.14. The van der Waals surface area contributed by atoms with Crippen molar-refractivity contribution >= 4 is 28.5 Å². The van der Waals surface area contributed by atoms with Crippen molar-refractivity contribution in [3.05, 3.63) is 30.1 Å². The molecule has 0 radical (unpaired) electrons. The van der Waals surface area contributed by atoms with E-state index in [1.165, 1.54) is 25.8 Å². The van der Waals surface area contributed by atoms with E-state index in [0.29, 0.717) is 11.7 Å². The summed E-state index contributed by atoms with van der Waals surface area (Å²) < 4.78 is 14.3. The van der Waals surface area contributed by atoms with Crippen LogP contribution >= 0.6 is 11.8 Å². The van der Waals surface area contributed by atoms with Gasteiger partial charge in [0.05, 0.1) is 11.7 Å². The molecule has 24 heavy (non-hydrogen) atoms. The van der Waals surface area contributed by atoms with E-state index < -0.39 is 0 Å². The number of halogens is 1. The zero-order chi connectivity index (χ0) is 17.3. The molecule has 1 aliphatic heterocycles. The maximum absolute atomic E-state index is 14.3. The summed E-state index contributed by atoms with van der Waals surface area (Å²) in [5, 5.41) is 1.08. The lowest BCUT2D eigenvalue weighted by Crippen LogP contribution is -2.51. The van der Waals surface area contributed by atoms with Crippen molar-refractivity contribution in [1.82, 2.24) is 4.90 Å². The molecule has 0 aromatic heterocycles. The lowest BCUT2D eigenvalue weighted by atomic mass is 10.2. The monoisotopic (exact) mass is 349 g/mol. The van der Waals surface area contributed by atoms with Gasteiger partial charge >= 0.3 is 0 Å². The second-order valence-corrected chi connectivity index (χ2v) is 7.88. The maximum atomic E-state index is 14.3. The normalized spacial score (nSPS) is 26.3. The van der Waals surface area contributed by atoms with Gasteiger partial charge in [-0.2, -0.15) is 0 Å². The quantitative estimate of drug-likeness (QED) is 0.831. The van der Waals surface area contributed by atoms with Gasteiger partial charge in [0, 0.05) is 19.2 Å². The zero-order valence-corrected chi connectivity index (χ0v) is 15.2. The summed E-state index contributed by atoms with van der Waals surface area (Å²) in [4.78, 5) is 20.8. The first-order valence-corrected chi connectivity index (χ1v) is 9.38. The molecule has 1 heterocycles. The molecule has 2 fully saturated rings. The van der Waals surface area contributed by atoms with Gasteiger partial charge in [0.25, 0.3) is 0 Å². The number of rotatable bonds is 3. The van der Waals surface area contributed by atoms with Gasteiger partial charge in [-0.25, -0.2) is 4.39 Å². The summed E-state index contributed by atoms with van der Waals surface area (Å²) in [6, 6.07) is 6.84. The molecular formula is C18H24FN3OS. The number of aliphatic imine (C=N–C) groups is 1. The van der Waals surface area contributed by atoms with Crippen LogP contribution in [0.25, 0.3) is 0 Å². The predicted molar refractivity (Wildman–Crippen MR) is 97.9 cm³/mol. The van der Waals surface area contributed by atoms with Crippen LogP contribution in [0, 0.1) is 5.82 Å². The highest BCUT2D eigenvalue weighted by Crippen LogP contribution is 2.36. The van der Waals surface area contributed by atoms with Crippen molar-refractivity contribution in [1.29, 1.82) is 0 Å². The Morgan fingerprint density at radius 3 is 2.62 bits per heavy atom. The van der Waals surface area contributed by atoms with Crippen molar-refractivity contribution in [2.45, 2.75) is 57.0 Å². The van der Waals surface area contributed by atoms with Gasteiger partial charge in [-0.05, 0) is 31.9 Å². The first-order valence-electron chi connectivity index (χ1n) is 8.50. The van der Waals surface area contributed by atoms with E-state index in [1.54, 1.807) is 34.9 Å². The van der Waals surface area contributed by atoms with E-state index in [-0.39, 0.29) is 23.1 Å². The molecule has 1 aromatic carbocycles. The Labute approximate surface area is 147 Å². The summed E-state index contributed by atoms with van der Waals surface area (Å²) in [6.07, 6.45) is 4.53. The van der Waals surface area contributed by atoms with E-state index in [9.17, 15) is 9.18 Å². The smallest absolute Gasteiger partial charge is 0.225 e. The minimum absolute atomic E-state index is 0.124. The third-order valence-electron chi connectivity index (χ3n) is 4.74. The molecule has 0 N–H and O–H groups in total. The van der Waals surface area contributed by atoms with Gasteiger partial charge in [-0.15, -0.1) is 0 Å². The highest BCUT2D eigenvalue weighted by atomic mass is 32.2. The first kappa shape index (κ1) is 17.3. The Morgan fingerprint density at radius 2 is 2.00 bits per heavy atom. The Kier molecular flexibility index (Phi) is 5.13. The summed E-state index contributed by atoms with van der Waals surface area (Å²) in [5.74, 6) is -0.536. The van der Waals surface area contributed by atoms with Crippen molar-refractivity contribution in [3.63, 3.8) is 0 Å². The van der Waals surface area contributed by atoms with Crippen LogP contribution in [0.2, 0.25) is 0 Å². The first-order chi connectivity index (χ1) is 11.5. The molecular weight excluding hydrogens is 325 g/mol.